The van der Waals surface area contributed by atoms with Crippen molar-refractivity contribution in [3.8, 4) is 0 Å². The van der Waals surface area contributed by atoms with Crippen LogP contribution >= 0.6 is 0 Å². The zero-order valence-electron chi connectivity index (χ0n) is 16.5. The molecule has 0 aliphatic carbocycles. The van der Waals surface area contributed by atoms with Crippen LogP contribution in [0, 0.1) is 0 Å². The van der Waals surface area contributed by atoms with Crippen LogP contribution in [0.5, 0.6) is 0 Å². The number of nitrogen functional groups attached to an aromatic ring is 1. The van der Waals surface area contributed by atoms with Gasteiger partial charge in [0.1, 0.15) is 0 Å². The van der Waals surface area contributed by atoms with Crippen LogP contribution in [-0.2, 0) is 11.3 Å². The number of H-pyrrole nitrogens is 1. The van der Waals surface area contributed by atoms with Gasteiger partial charge in [-0.2, -0.15) is 4.98 Å². The Bertz CT molecular complexity index is 1230. The van der Waals surface area contributed by atoms with Gasteiger partial charge in [0.15, 0.2) is 11.2 Å². The molecule has 165 valence electrons. The number of anilines is 2. The average Bonchev–Trinajstić information content (AvgIpc) is 2.75. The number of aliphatic carboxylic acids is 1. The number of benzene rings is 1. The van der Waals surface area contributed by atoms with E-state index in [-0.39, 0.29) is 30.1 Å². The summed E-state index contributed by atoms with van der Waals surface area (Å²) < 4.78 is 0.849. The van der Waals surface area contributed by atoms with Crippen LogP contribution in [0.15, 0.2) is 35.3 Å². The quantitative estimate of drug-likeness (QED) is 0.211. The zero-order chi connectivity index (χ0) is 23.3. The van der Waals surface area contributed by atoms with Gasteiger partial charge in [-0.05, 0) is 0 Å². The van der Waals surface area contributed by atoms with Gasteiger partial charge in [0.25, 0.3) is 5.56 Å². The summed E-state index contributed by atoms with van der Waals surface area (Å²) in [6, 6.07) is 5.54. The number of nitrogens with one attached hydrogen (secondary N) is 3. The molecule has 6 N–H and O–H groups in total. The maximum Gasteiger partial charge on any atom is 0.280 e. The number of carbonyl (C=O) groups is 2. The molecule has 0 aliphatic heterocycles. The first-order valence-electron chi connectivity index (χ1n) is 9.32. The fourth-order valence-corrected chi connectivity index (χ4v) is 3.24. The number of aromatic nitrogens is 4. The van der Waals surface area contributed by atoms with Crippen molar-refractivity contribution in [2.45, 2.75) is 25.4 Å². The van der Waals surface area contributed by atoms with Gasteiger partial charge < -0.3 is 5.73 Å². The van der Waals surface area contributed by atoms with Gasteiger partial charge in [0.2, 0.25) is 5.95 Å². The number of carboxylic acid groups (broad SMARTS) is 1. The Labute approximate surface area is 197 Å². The number of amides is 1. The first-order chi connectivity index (χ1) is 15.2. The van der Waals surface area contributed by atoms with Crippen molar-refractivity contribution in [1.82, 2.24) is 25.3 Å². The SMILES string of the molecule is Nc1nc2ncc(CNc3ccc(C(=O)N[C@@H](CCC([Se])=[Se])C(=O)O)cc3)nc2c(=O)[nH]1. The molecule has 1 aromatic carbocycles. The number of rotatable bonds is 9. The molecule has 13 heteroatoms. The third kappa shape index (κ3) is 6.21. The molecule has 1 radical (unpaired) electrons. The Balaban J connectivity index is 1.62. The van der Waals surface area contributed by atoms with Crippen LogP contribution in [0.25, 0.3) is 11.2 Å². The average molecular weight is 566 g/mol. The number of nitrogens with zero attached hydrogens (tertiary/aromatic N) is 3. The molecular weight excluding hydrogens is 548 g/mol. The molecule has 0 fully saturated rings. The van der Waals surface area contributed by atoms with Gasteiger partial charge in [0, 0.05) is 0 Å². The second-order valence-corrected chi connectivity index (χ2v) is 10.1. The second-order valence-electron chi connectivity index (χ2n) is 6.69. The Kier molecular flexibility index (Phi) is 7.70. The van der Waals surface area contributed by atoms with Crippen molar-refractivity contribution >= 4 is 69.6 Å². The van der Waals surface area contributed by atoms with Gasteiger partial charge in [-0.25, -0.2) is 9.97 Å². The zero-order valence-corrected chi connectivity index (χ0v) is 19.9. The molecule has 11 nitrogen and oxygen atoms in total. The van der Waals surface area contributed by atoms with Gasteiger partial charge in [-0.1, -0.05) is 0 Å². The van der Waals surface area contributed by atoms with E-state index < -0.39 is 23.5 Å². The van der Waals surface area contributed by atoms with E-state index in [2.05, 4.69) is 62.2 Å². The first kappa shape index (κ1) is 23.5. The van der Waals surface area contributed by atoms with Crippen molar-refractivity contribution in [2.75, 3.05) is 11.1 Å². The molecule has 0 saturated carbocycles. The van der Waals surface area contributed by atoms with Crippen LogP contribution in [0.4, 0.5) is 11.6 Å². The molecule has 0 saturated heterocycles. The standard InChI is InChI=1S/C19H18N7O4Se2/c20-19-25-15-14(17(28)26-19)23-11(8-22-15)7-21-10-3-1-9(2-4-10)16(27)24-12(18(29)30)5-6-13(31)32/h1-4,8,12,21H,5-7H2,(H,24,27)(H,29,30)(H3,20,22,25,26,28)/t12-/m0/s1. The number of nitrogens with two attached hydrogens (primary N) is 1. The van der Waals surface area contributed by atoms with Crippen molar-refractivity contribution in [2.24, 2.45) is 0 Å². The monoisotopic (exact) mass is 568 g/mol. The molecule has 3 rings (SSSR count). The van der Waals surface area contributed by atoms with Crippen molar-refractivity contribution in [1.29, 1.82) is 0 Å². The van der Waals surface area contributed by atoms with E-state index in [1.54, 1.807) is 24.3 Å². The Morgan fingerprint density at radius 1 is 1.22 bits per heavy atom. The maximum absolute atomic E-state index is 12.4. The summed E-state index contributed by atoms with van der Waals surface area (Å²) in [6.07, 6.45) is 2.26. The summed E-state index contributed by atoms with van der Waals surface area (Å²) in [6.45, 7) is 0.278. The minimum atomic E-state index is -1.09. The van der Waals surface area contributed by atoms with Gasteiger partial charge >= 0.3 is 133 Å². The summed E-state index contributed by atoms with van der Waals surface area (Å²) in [5.74, 6) is -1.60. The molecule has 32 heavy (non-hydrogen) atoms. The maximum atomic E-state index is 12.4. The van der Waals surface area contributed by atoms with E-state index in [0.29, 0.717) is 23.4 Å². The molecule has 2 aromatic heterocycles. The minimum Gasteiger partial charge on any atom is -0.291 e. The summed E-state index contributed by atoms with van der Waals surface area (Å²) in [4.78, 5) is 50.3. The van der Waals surface area contributed by atoms with E-state index in [0.717, 1.165) is 3.32 Å². The number of aromatic amines is 1. The Morgan fingerprint density at radius 2 is 1.94 bits per heavy atom. The van der Waals surface area contributed by atoms with Gasteiger partial charge in [-0.3, -0.25) is 9.78 Å². The van der Waals surface area contributed by atoms with E-state index in [9.17, 15) is 19.5 Å². The fraction of sp³-hybridized carbons (Fsp3) is 0.211. The van der Waals surface area contributed by atoms with Crippen LogP contribution in [0.1, 0.15) is 28.9 Å². The summed E-state index contributed by atoms with van der Waals surface area (Å²) in [5, 5.41) is 14.9. The van der Waals surface area contributed by atoms with Crippen LogP contribution in [0.2, 0.25) is 0 Å². The summed E-state index contributed by atoms with van der Waals surface area (Å²) in [7, 11) is 0. The summed E-state index contributed by atoms with van der Waals surface area (Å²) in [5.41, 5.74) is 6.81. The van der Waals surface area contributed by atoms with E-state index in [1.807, 2.05) is 0 Å². The molecule has 3 aromatic rings. The van der Waals surface area contributed by atoms with E-state index in [4.69, 9.17) is 5.73 Å². The number of hydrogen-bond acceptors (Lipinski definition) is 8. The topological polar surface area (TPSA) is 176 Å². The molecule has 0 aliphatic rings. The Hall–Kier alpha value is -3.11. The van der Waals surface area contributed by atoms with Crippen molar-refractivity contribution < 1.29 is 14.7 Å². The molecule has 0 spiro atoms. The normalized spacial score (nSPS) is 11.6. The number of fused-ring (bicyclic) bond motifs is 1. The summed E-state index contributed by atoms with van der Waals surface area (Å²) >= 11 is 5.56. The van der Waals surface area contributed by atoms with Crippen molar-refractivity contribution in [3.05, 3.63) is 52.1 Å². The van der Waals surface area contributed by atoms with Crippen LogP contribution in [-0.4, -0.2) is 77.9 Å². The molecule has 0 bridgehead atoms. The minimum absolute atomic E-state index is 0.0303. The number of carbonyl (C=O) groups excluding carboxylic acids is 1. The second kappa shape index (κ2) is 10.5. The van der Waals surface area contributed by atoms with Crippen LogP contribution in [0.3, 0.4) is 0 Å². The predicted octanol–water partition coefficient (Wildman–Crippen LogP) is -0.662. The molecule has 1 atom stereocenters. The Morgan fingerprint density at radius 3 is 2.59 bits per heavy atom. The molecule has 0 unspecified atom stereocenters. The molecule has 2 heterocycles. The molecular formula is C19H18N7O4Se2. The fourth-order valence-electron chi connectivity index (χ4n) is 2.75. The molecule has 1 amide bonds. The van der Waals surface area contributed by atoms with Gasteiger partial charge in [-0.15, -0.1) is 0 Å². The predicted molar refractivity (Wildman–Crippen MR) is 121 cm³/mol. The van der Waals surface area contributed by atoms with E-state index >= 15 is 0 Å². The first-order valence-corrected chi connectivity index (χ1v) is 11.0. The smallest absolute Gasteiger partial charge is 0.280 e. The third-order valence-electron chi connectivity index (χ3n) is 4.35. The van der Waals surface area contributed by atoms with Crippen LogP contribution < -0.4 is 21.9 Å². The third-order valence-corrected chi connectivity index (χ3v) is 5.20. The number of carboxylic acids is 1. The van der Waals surface area contributed by atoms with Gasteiger partial charge in [0.05, 0.1) is 11.9 Å². The number of hydrogen-bond donors (Lipinski definition) is 5. The largest absolute Gasteiger partial charge is 0.291 e. The van der Waals surface area contributed by atoms with Crippen molar-refractivity contribution in [3.63, 3.8) is 0 Å². The van der Waals surface area contributed by atoms with E-state index in [1.165, 1.54) is 6.20 Å².